The van der Waals surface area contributed by atoms with Crippen molar-refractivity contribution < 1.29 is 14.3 Å². The van der Waals surface area contributed by atoms with Crippen LogP contribution < -0.4 is 4.74 Å². The van der Waals surface area contributed by atoms with E-state index in [9.17, 15) is 4.79 Å². The van der Waals surface area contributed by atoms with Gasteiger partial charge >= 0.3 is 0 Å². The molecule has 1 fully saturated rings. The number of methoxy groups -OCH3 is 1. The maximum atomic E-state index is 13.6. The minimum absolute atomic E-state index is 0.0481. The van der Waals surface area contributed by atoms with Crippen molar-refractivity contribution in [1.82, 2.24) is 14.8 Å². The number of hydrogen-bond acceptors (Lipinski definition) is 5. The molecule has 1 aliphatic heterocycles. The van der Waals surface area contributed by atoms with Crippen LogP contribution in [0.25, 0.3) is 10.9 Å². The molecule has 2 heterocycles. The third kappa shape index (κ3) is 5.89. The number of carbonyl (C=O) groups is 1. The van der Waals surface area contributed by atoms with Gasteiger partial charge in [-0.05, 0) is 35.2 Å². The van der Waals surface area contributed by atoms with E-state index in [0.29, 0.717) is 32.2 Å². The molecular weight excluding hydrogens is 414 g/mol. The number of rotatable bonds is 8. The maximum absolute atomic E-state index is 13.6. The van der Waals surface area contributed by atoms with Crippen LogP contribution in [-0.2, 0) is 22.6 Å². The summed E-state index contributed by atoms with van der Waals surface area (Å²) in [6.07, 6.45) is 1.34. The molecule has 33 heavy (non-hydrogen) atoms. The van der Waals surface area contributed by atoms with E-state index in [1.165, 1.54) is 5.56 Å². The molecule has 0 spiro atoms. The van der Waals surface area contributed by atoms with Gasteiger partial charge in [0.1, 0.15) is 11.9 Å². The Morgan fingerprint density at radius 3 is 2.85 bits per heavy atom. The smallest absolute Gasteiger partial charge is 0.253 e. The number of morpholine rings is 1. The molecule has 4 rings (SSSR count). The number of pyridine rings is 1. The van der Waals surface area contributed by atoms with Crippen LogP contribution in [0.4, 0.5) is 0 Å². The average molecular weight is 448 g/mol. The molecule has 0 aliphatic carbocycles. The van der Waals surface area contributed by atoms with Crippen LogP contribution in [-0.4, -0.2) is 60.1 Å². The average Bonchev–Trinajstić information content (AvgIpc) is 2.83. The van der Waals surface area contributed by atoms with Crippen molar-refractivity contribution in [3.05, 3.63) is 71.9 Å². The van der Waals surface area contributed by atoms with Gasteiger partial charge < -0.3 is 14.4 Å². The van der Waals surface area contributed by atoms with E-state index in [1.807, 2.05) is 35.2 Å². The van der Waals surface area contributed by atoms with Gasteiger partial charge in [-0.15, -0.1) is 0 Å². The normalized spacial score (nSPS) is 16.8. The monoisotopic (exact) mass is 447 g/mol. The molecular formula is C27H33N3O3. The fourth-order valence-corrected chi connectivity index (χ4v) is 4.40. The number of amides is 1. The predicted molar refractivity (Wildman–Crippen MR) is 130 cm³/mol. The number of aromatic nitrogens is 1. The molecule has 3 aromatic rings. The summed E-state index contributed by atoms with van der Waals surface area (Å²) in [6, 6.07) is 18.2. The van der Waals surface area contributed by atoms with E-state index in [1.54, 1.807) is 13.3 Å². The van der Waals surface area contributed by atoms with Crippen molar-refractivity contribution in [2.45, 2.75) is 33.0 Å². The van der Waals surface area contributed by atoms with E-state index in [-0.39, 0.29) is 5.91 Å². The third-order valence-electron chi connectivity index (χ3n) is 5.94. The highest BCUT2D eigenvalue weighted by molar-refractivity contribution is 5.84. The molecule has 174 valence electrons. The van der Waals surface area contributed by atoms with Gasteiger partial charge in [0.05, 0.1) is 19.2 Å². The zero-order valence-electron chi connectivity index (χ0n) is 19.7. The van der Waals surface area contributed by atoms with Crippen molar-refractivity contribution in [2.75, 3.05) is 33.4 Å². The lowest BCUT2D eigenvalue weighted by Crippen LogP contribution is -2.51. The van der Waals surface area contributed by atoms with E-state index in [0.717, 1.165) is 35.3 Å². The Morgan fingerprint density at radius 2 is 2.03 bits per heavy atom. The summed E-state index contributed by atoms with van der Waals surface area (Å²) in [5.41, 5.74) is 3.18. The Morgan fingerprint density at radius 1 is 1.21 bits per heavy atom. The van der Waals surface area contributed by atoms with Crippen LogP contribution in [0.5, 0.6) is 5.75 Å². The predicted octanol–water partition coefficient (Wildman–Crippen LogP) is 4.13. The molecule has 1 atom stereocenters. The maximum Gasteiger partial charge on any atom is 0.253 e. The topological polar surface area (TPSA) is 54.9 Å². The van der Waals surface area contributed by atoms with Crippen LogP contribution in [0.3, 0.4) is 0 Å². The first-order chi connectivity index (χ1) is 16.0. The number of fused-ring (bicyclic) bond motifs is 1. The van der Waals surface area contributed by atoms with Gasteiger partial charge in [-0.1, -0.05) is 50.2 Å². The standard InChI is InChI=1S/C27H33N3O3/c1-20(2)16-30(18-23-9-5-8-22-10-6-12-28-26(22)23)27(31)25-19-29(13-14-33-25)17-21-7-4-11-24(15-21)32-3/h4-12,15,20,25H,13-14,16-19H2,1-3H3/t25-/m1/s1. The lowest BCUT2D eigenvalue weighted by molar-refractivity contribution is -0.151. The molecule has 1 aliphatic rings. The molecule has 1 amide bonds. The summed E-state index contributed by atoms with van der Waals surface area (Å²) in [5, 5.41) is 1.09. The van der Waals surface area contributed by atoms with E-state index in [4.69, 9.17) is 9.47 Å². The summed E-state index contributed by atoms with van der Waals surface area (Å²) in [6.45, 7) is 8.18. The second kappa shape index (κ2) is 10.8. The molecule has 0 radical (unpaired) electrons. The minimum Gasteiger partial charge on any atom is -0.497 e. The van der Waals surface area contributed by atoms with Crippen LogP contribution in [0, 0.1) is 5.92 Å². The van der Waals surface area contributed by atoms with Crippen molar-refractivity contribution >= 4 is 16.8 Å². The highest BCUT2D eigenvalue weighted by Crippen LogP contribution is 2.21. The lowest BCUT2D eigenvalue weighted by Gasteiger charge is -2.35. The van der Waals surface area contributed by atoms with Gasteiger partial charge in [0.25, 0.3) is 5.91 Å². The summed E-state index contributed by atoms with van der Waals surface area (Å²) in [4.78, 5) is 22.4. The van der Waals surface area contributed by atoms with Gasteiger partial charge in [-0.3, -0.25) is 14.7 Å². The first-order valence-electron chi connectivity index (χ1n) is 11.6. The van der Waals surface area contributed by atoms with Gasteiger partial charge in [-0.2, -0.15) is 0 Å². The van der Waals surface area contributed by atoms with Crippen molar-refractivity contribution in [3.63, 3.8) is 0 Å². The summed E-state index contributed by atoms with van der Waals surface area (Å²) < 4.78 is 11.3. The summed E-state index contributed by atoms with van der Waals surface area (Å²) >= 11 is 0. The molecule has 0 unspecified atom stereocenters. The third-order valence-corrected chi connectivity index (χ3v) is 5.94. The van der Waals surface area contributed by atoms with Crippen molar-refractivity contribution in [2.24, 2.45) is 5.92 Å². The Balaban J connectivity index is 1.48. The highest BCUT2D eigenvalue weighted by atomic mass is 16.5. The van der Waals surface area contributed by atoms with Crippen LogP contribution in [0.2, 0.25) is 0 Å². The quantitative estimate of drug-likeness (QED) is 0.520. The minimum atomic E-state index is -0.467. The fraction of sp³-hybridized carbons (Fsp3) is 0.407. The number of ether oxygens (including phenoxy) is 2. The SMILES string of the molecule is COc1cccc(CN2CCO[C@@H](C(=O)N(Cc3cccc4cccnc34)CC(C)C)C2)c1. The van der Waals surface area contributed by atoms with Gasteiger partial charge in [-0.25, -0.2) is 0 Å². The summed E-state index contributed by atoms with van der Waals surface area (Å²) in [5.74, 6) is 1.25. The van der Waals surface area contributed by atoms with Crippen LogP contribution in [0.15, 0.2) is 60.8 Å². The lowest BCUT2D eigenvalue weighted by atomic mass is 10.1. The first kappa shape index (κ1) is 23.2. The van der Waals surface area contributed by atoms with E-state index < -0.39 is 6.10 Å². The summed E-state index contributed by atoms with van der Waals surface area (Å²) in [7, 11) is 1.68. The number of benzene rings is 2. The van der Waals surface area contributed by atoms with Crippen molar-refractivity contribution in [1.29, 1.82) is 0 Å². The Bertz CT molecular complexity index is 1080. The number of nitrogens with zero attached hydrogens (tertiary/aromatic N) is 3. The zero-order valence-corrected chi connectivity index (χ0v) is 19.7. The molecule has 0 bridgehead atoms. The Kier molecular flexibility index (Phi) is 7.57. The second-order valence-electron chi connectivity index (χ2n) is 9.05. The zero-order chi connectivity index (χ0) is 23.2. The largest absolute Gasteiger partial charge is 0.497 e. The number of carbonyl (C=O) groups excluding carboxylic acids is 1. The van der Waals surface area contributed by atoms with Gasteiger partial charge in [0.15, 0.2) is 0 Å². The molecule has 0 saturated carbocycles. The van der Waals surface area contributed by atoms with E-state index in [2.05, 4.69) is 48.0 Å². The van der Waals surface area contributed by atoms with Gasteiger partial charge in [0, 0.05) is 44.3 Å². The Labute approximate surface area is 196 Å². The second-order valence-corrected chi connectivity index (χ2v) is 9.05. The van der Waals surface area contributed by atoms with Crippen molar-refractivity contribution in [3.8, 4) is 5.75 Å². The number of hydrogen-bond donors (Lipinski definition) is 0. The molecule has 1 aromatic heterocycles. The fourth-order valence-electron chi connectivity index (χ4n) is 4.40. The Hall–Kier alpha value is -2.96. The van der Waals surface area contributed by atoms with Gasteiger partial charge in [0.2, 0.25) is 0 Å². The van der Waals surface area contributed by atoms with Crippen LogP contribution >= 0.6 is 0 Å². The molecule has 0 N–H and O–H groups in total. The molecule has 2 aromatic carbocycles. The molecule has 6 heteroatoms. The molecule has 1 saturated heterocycles. The van der Waals surface area contributed by atoms with Crippen LogP contribution in [0.1, 0.15) is 25.0 Å². The number of para-hydroxylation sites is 1. The highest BCUT2D eigenvalue weighted by Gasteiger charge is 2.31. The van der Waals surface area contributed by atoms with E-state index >= 15 is 0 Å². The first-order valence-corrected chi connectivity index (χ1v) is 11.6. The molecule has 6 nitrogen and oxygen atoms in total.